The van der Waals surface area contributed by atoms with E-state index in [4.69, 9.17) is 18.9 Å². The number of esters is 2. The predicted molar refractivity (Wildman–Crippen MR) is 181 cm³/mol. The average molecular weight is 705 g/mol. The Labute approximate surface area is 296 Å². The van der Waals surface area contributed by atoms with Gasteiger partial charge in [0, 0.05) is 31.6 Å². The van der Waals surface area contributed by atoms with Crippen LogP contribution >= 0.6 is 0 Å². The van der Waals surface area contributed by atoms with Crippen molar-refractivity contribution in [3.05, 3.63) is 11.6 Å². The fourth-order valence-electron chi connectivity index (χ4n) is 12.2. The van der Waals surface area contributed by atoms with Gasteiger partial charge in [0.2, 0.25) is 0 Å². The van der Waals surface area contributed by atoms with Crippen molar-refractivity contribution in [3.8, 4) is 0 Å². The predicted octanol–water partition coefficient (Wildman–Crippen LogP) is 4.78. The molecule has 1 aliphatic heterocycles. The summed E-state index contributed by atoms with van der Waals surface area (Å²) in [4.78, 5) is 36.2. The van der Waals surface area contributed by atoms with E-state index in [1.807, 2.05) is 6.92 Å². The van der Waals surface area contributed by atoms with E-state index in [0.717, 1.165) is 38.5 Å². The normalized spacial score (nSPS) is 51.5. The highest BCUT2D eigenvalue weighted by molar-refractivity contribution is 5.74. The third-order valence-corrected chi connectivity index (χ3v) is 15.6. The molecule has 0 aromatic carbocycles. The van der Waals surface area contributed by atoms with Crippen LogP contribution in [0.4, 0.5) is 0 Å². The number of allylic oxidation sites excluding steroid dienone is 2. The molecule has 0 spiro atoms. The van der Waals surface area contributed by atoms with Crippen LogP contribution in [-0.4, -0.2) is 87.9 Å². The summed E-state index contributed by atoms with van der Waals surface area (Å²) in [5.41, 5.74) is -0.0625. The number of carbonyl (C=O) groups excluding carboxylic acids is 2. The second-order valence-electron chi connectivity index (χ2n) is 18.1. The van der Waals surface area contributed by atoms with Gasteiger partial charge in [-0.1, -0.05) is 39.3 Å². The van der Waals surface area contributed by atoms with Gasteiger partial charge in [0.25, 0.3) is 0 Å². The Morgan fingerprint density at radius 3 is 2.20 bits per heavy atom. The van der Waals surface area contributed by atoms with E-state index >= 15 is 0 Å². The molecule has 1 saturated heterocycles. The van der Waals surface area contributed by atoms with E-state index in [0.29, 0.717) is 12.8 Å². The summed E-state index contributed by atoms with van der Waals surface area (Å²) in [7, 11) is 0. The molecule has 16 unspecified atom stereocenters. The summed E-state index contributed by atoms with van der Waals surface area (Å²) >= 11 is 0. The summed E-state index contributed by atoms with van der Waals surface area (Å²) in [6, 6.07) is 0. The molecule has 4 N–H and O–H groups in total. The minimum Gasteiger partial charge on any atom is -0.481 e. The molecule has 6 rings (SSSR count). The Morgan fingerprint density at radius 1 is 0.920 bits per heavy atom. The largest absolute Gasteiger partial charge is 0.481 e. The van der Waals surface area contributed by atoms with Crippen molar-refractivity contribution in [1.29, 1.82) is 0 Å². The number of ether oxygens (including phenoxy) is 4. The van der Waals surface area contributed by atoms with E-state index in [1.165, 1.54) is 19.4 Å². The number of fused-ring (bicyclic) bond motifs is 7. The number of rotatable bonds is 6. The molecular weight excluding hydrogens is 644 g/mol. The third kappa shape index (κ3) is 5.67. The minimum absolute atomic E-state index is 0.0598. The Morgan fingerprint density at radius 2 is 1.56 bits per heavy atom. The summed E-state index contributed by atoms with van der Waals surface area (Å²) in [5, 5.41) is 44.8. The average Bonchev–Trinajstić information content (AvgIpc) is 3.02. The van der Waals surface area contributed by atoms with Crippen LogP contribution in [0.5, 0.6) is 0 Å². The highest BCUT2D eigenvalue weighted by atomic mass is 16.7. The first-order chi connectivity index (χ1) is 23.2. The number of carboxylic acid groups (broad SMARTS) is 1. The highest BCUT2D eigenvalue weighted by Crippen LogP contribution is 2.74. The second-order valence-corrected chi connectivity index (χ2v) is 18.1. The lowest BCUT2D eigenvalue weighted by atomic mass is 9.34. The molecule has 6 aliphatic rings. The molecule has 5 aliphatic carbocycles. The Bertz CT molecular complexity index is 1400. The maximum atomic E-state index is 12.4. The number of aliphatic hydroxyl groups excluding tert-OH is 3. The van der Waals surface area contributed by atoms with E-state index in [1.54, 1.807) is 6.92 Å². The zero-order valence-corrected chi connectivity index (χ0v) is 31.1. The lowest BCUT2D eigenvalue weighted by Crippen LogP contribution is -2.67. The summed E-state index contributed by atoms with van der Waals surface area (Å²) in [6.07, 6.45) is 2.27. The van der Waals surface area contributed by atoms with Gasteiger partial charge in [-0.25, -0.2) is 0 Å². The first-order valence-electron chi connectivity index (χ1n) is 18.8. The van der Waals surface area contributed by atoms with E-state index in [2.05, 4.69) is 33.8 Å². The zero-order valence-electron chi connectivity index (χ0n) is 31.1. The molecule has 0 aromatic heterocycles. The van der Waals surface area contributed by atoms with Gasteiger partial charge in [-0.3, -0.25) is 14.4 Å². The second kappa shape index (κ2) is 12.8. The van der Waals surface area contributed by atoms with Gasteiger partial charge in [-0.15, -0.1) is 0 Å². The SMILES string of the molecule is CC(=O)OC1C(C)OC(OCC2C(O)CC(O)C3(C)C2CCC2(C)C3CC=C3C4CC(C)(C(=O)O)CCC4(C)CCC32C)C(OC(C)=O)C1O. The lowest BCUT2D eigenvalue weighted by Gasteiger charge is -2.71. The summed E-state index contributed by atoms with van der Waals surface area (Å²) in [5.74, 6) is -2.06. The molecule has 0 radical (unpaired) electrons. The van der Waals surface area contributed by atoms with Crippen LogP contribution in [0.15, 0.2) is 11.6 Å². The van der Waals surface area contributed by atoms with Crippen molar-refractivity contribution in [2.75, 3.05) is 6.61 Å². The smallest absolute Gasteiger partial charge is 0.309 e. The molecule has 5 fully saturated rings. The molecule has 11 heteroatoms. The molecule has 50 heavy (non-hydrogen) atoms. The van der Waals surface area contributed by atoms with Crippen LogP contribution in [0, 0.1) is 50.7 Å². The van der Waals surface area contributed by atoms with Gasteiger partial charge >= 0.3 is 17.9 Å². The third-order valence-electron chi connectivity index (χ3n) is 15.6. The number of aliphatic carboxylic acids is 1. The van der Waals surface area contributed by atoms with Gasteiger partial charge < -0.3 is 39.4 Å². The van der Waals surface area contributed by atoms with E-state index in [-0.39, 0.29) is 52.9 Å². The number of aliphatic hydroxyl groups is 3. The van der Waals surface area contributed by atoms with Crippen molar-refractivity contribution >= 4 is 17.9 Å². The van der Waals surface area contributed by atoms with E-state index < -0.39 is 71.7 Å². The minimum atomic E-state index is -1.38. The molecule has 4 saturated carbocycles. The van der Waals surface area contributed by atoms with Crippen molar-refractivity contribution in [3.63, 3.8) is 0 Å². The molecular formula is C39H60O11. The van der Waals surface area contributed by atoms with Crippen LogP contribution in [-0.2, 0) is 33.3 Å². The summed E-state index contributed by atoms with van der Waals surface area (Å²) < 4.78 is 23.1. The van der Waals surface area contributed by atoms with Gasteiger partial charge in [0.05, 0.1) is 30.3 Å². The van der Waals surface area contributed by atoms with Gasteiger partial charge in [-0.2, -0.15) is 0 Å². The molecule has 1 heterocycles. The molecule has 0 aromatic rings. The first kappa shape index (κ1) is 37.7. The Kier molecular flexibility index (Phi) is 9.66. The molecule has 0 bridgehead atoms. The molecule has 11 nitrogen and oxygen atoms in total. The lowest BCUT2D eigenvalue weighted by molar-refractivity contribution is -0.307. The van der Waals surface area contributed by atoms with Gasteiger partial charge in [0.15, 0.2) is 18.5 Å². The Hall–Kier alpha value is -2.05. The Balaban J connectivity index is 1.27. The van der Waals surface area contributed by atoms with Gasteiger partial charge in [-0.05, 0) is 99.2 Å². The quantitative estimate of drug-likeness (QED) is 0.222. The number of hydrogen-bond acceptors (Lipinski definition) is 10. The van der Waals surface area contributed by atoms with Crippen LogP contribution in [0.3, 0.4) is 0 Å². The van der Waals surface area contributed by atoms with Crippen molar-refractivity contribution in [2.24, 2.45) is 50.7 Å². The van der Waals surface area contributed by atoms with Gasteiger partial charge in [0.1, 0.15) is 6.10 Å². The van der Waals surface area contributed by atoms with Crippen molar-refractivity contribution < 1.29 is 53.8 Å². The monoisotopic (exact) mass is 704 g/mol. The fourth-order valence-corrected chi connectivity index (χ4v) is 12.2. The summed E-state index contributed by atoms with van der Waals surface area (Å²) in [6.45, 7) is 15.4. The highest BCUT2D eigenvalue weighted by Gasteiger charge is 2.69. The maximum Gasteiger partial charge on any atom is 0.309 e. The topological polar surface area (TPSA) is 169 Å². The number of carbonyl (C=O) groups is 3. The van der Waals surface area contributed by atoms with Crippen LogP contribution < -0.4 is 0 Å². The van der Waals surface area contributed by atoms with Crippen molar-refractivity contribution in [2.45, 2.75) is 156 Å². The standard InChI is InChI=1S/C39H60O11/c1-20-31(49-21(2)40)30(44)32(50-22(3)41)33(48-20)47-19-23-24-11-12-38(7)28(39(24,8)29(43)17-27(23)42)10-9-25-26-18-36(5,34(45)46)14-13-35(26,4)15-16-37(25,38)6/h9,20,23-24,26-33,42-44H,10-19H2,1-8H3,(H,45,46). The van der Waals surface area contributed by atoms with Crippen molar-refractivity contribution in [1.82, 2.24) is 0 Å². The first-order valence-corrected chi connectivity index (χ1v) is 18.8. The van der Waals surface area contributed by atoms with Crippen LogP contribution in [0.1, 0.15) is 113 Å². The number of hydrogen-bond donors (Lipinski definition) is 4. The zero-order chi connectivity index (χ0) is 36.8. The van der Waals surface area contributed by atoms with E-state index in [9.17, 15) is 34.8 Å². The molecule has 16 atom stereocenters. The van der Waals surface area contributed by atoms with Crippen LogP contribution in [0.25, 0.3) is 0 Å². The molecule has 282 valence electrons. The maximum absolute atomic E-state index is 12.4. The fraction of sp³-hybridized carbons (Fsp3) is 0.872. The molecule has 0 amide bonds. The number of carboxylic acids is 1. The van der Waals surface area contributed by atoms with Crippen LogP contribution in [0.2, 0.25) is 0 Å².